The van der Waals surface area contributed by atoms with Crippen molar-refractivity contribution in [3.05, 3.63) is 29.3 Å². The average Bonchev–Trinajstić information content (AvgIpc) is 2.35. The van der Waals surface area contributed by atoms with Crippen molar-refractivity contribution in [3.63, 3.8) is 0 Å². The Morgan fingerprint density at radius 1 is 1.44 bits per heavy atom. The maximum absolute atomic E-state index is 8.83. The van der Waals surface area contributed by atoms with Crippen molar-refractivity contribution in [2.45, 2.75) is 39.3 Å². The molecule has 18 heavy (non-hydrogen) atoms. The third kappa shape index (κ3) is 2.65. The molecule has 3 heteroatoms. The first kappa shape index (κ1) is 12.9. The number of benzene rings is 1. The van der Waals surface area contributed by atoms with Gasteiger partial charge in [-0.1, -0.05) is 12.1 Å². The van der Waals surface area contributed by atoms with Crippen molar-refractivity contribution >= 4 is 5.69 Å². The van der Waals surface area contributed by atoms with E-state index in [-0.39, 0.29) is 6.04 Å². The summed E-state index contributed by atoms with van der Waals surface area (Å²) in [6.45, 7) is 8.38. The highest BCUT2D eigenvalue weighted by molar-refractivity contribution is 5.56. The van der Waals surface area contributed by atoms with E-state index < -0.39 is 0 Å². The molecule has 96 valence electrons. The SMILES string of the molecule is Cc1ccc(C)c(N2CC(CC#N)NCC2C)c1. The van der Waals surface area contributed by atoms with Crippen molar-refractivity contribution in [1.29, 1.82) is 5.26 Å². The van der Waals surface area contributed by atoms with Gasteiger partial charge in [0.05, 0.1) is 12.5 Å². The van der Waals surface area contributed by atoms with Gasteiger partial charge < -0.3 is 10.2 Å². The van der Waals surface area contributed by atoms with E-state index >= 15 is 0 Å². The van der Waals surface area contributed by atoms with E-state index in [4.69, 9.17) is 5.26 Å². The summed E-state index contributed by atoms with van der Waals surface area (Å²) >= 11 is 0. The molecule has 0 saturated carbocycles. The van der Waals surface area contributed by atoms with E-state index in [1.807, 2.05) is 0 Å². The molecule has 0 aliphatic carbocycles. The van der Waals surface area contributed by atoms with Gasteiger partial charge in [0.1, 0.15) is 0 Å². The summed E-state index contributed by atoms with van der Waals surface area (Å²) in [6, 6.07) is 9.60. The number of hydrogen-bond donors (Lipinski definition) is 1. The molecule has 1 aromatic carbocycles. The first-order valence-corrected chi connectivity index (χ1v) is 6.56. The van der Waals surface area contributed by atoms with Gasteiger partial charge in [0.25, 0.3) is 0 Å². The van der Waals surface area contributed by atoms with Crippen LogP contribution < -0.4 is 10.2 Å². The number of nitriles is 1. The minimum Gasteiger partial charge on any atom is -0.366 e. The Bertz CT molecular complexity index is 461. The Morgan fingerprint density at radius 3 is 2.94 bits per heavy atom. The summed E-state index contributed by atoms with van der Waals surface area (Å²) in [4.78, 5) is 2.43. The normalized spacial score (nSPS) is 23.8. The molecule has 2 unspecified atom stereocenters. The standard InChI is InChI=1S/C15H21N3/c1-11-4-5-12(2)15(8-11)18-10-14(6-7-16)17-9-13(18)3/h4-5,8,13-14,17H,6,9-10H2,1-3H3. The predicted octanol–water partition coefficient (Wildman–Crippen LogP) is 2.38. The van der Waals surface area contributed by atoms with Crippen LogP contribution in [-0.4, -0.2) is 25.2 Å². The molecule has 2 atom stereocenters. The lowest BCUT2D eigenvalue weighted by atomic mass is 10.0. The van der Waals surface area contributed by atoms with Crippen LogP contribution in [0, 0.1) is 25.2 Å². The second-order valence-corrected chi connectivity index (χ2v) is 5.26. The summed E-state index contributed by atoms with van der Waals surface area (Å²) in [5.74, 6) is 0. The summed E-state index contributed by atoms with van der Waals surface area (Å²) in [6.07, 6.45) is 0.577. The van der Waals surface area contributed by atoms with Crippen LogP contribution >= 0.6 is 0 Å². The van der Waals surface area contributed by atoms with Gasteiger partial charge in [0.15, 0.2) is 0 Å². The molecule has 1 aliphatic heterocycles. The van der Waals surface area contributed by atoms with Crippen molar-refractivity contribution in [1.82, 2.24) is 5.32 Å². The molecule has 1 aromatic rings. The van der Waals surface area contributed by atoms with Gasteiger partial charge in [-0.2, -0.15) is 5.26 Å². The highest BCUT2D eigenvalue weighted by Crippen LogP contribution is 2.25. The van der Waals surface area contributed by atoms with Crippen LogP contribution in [0.2, 0.25) is 0 Å². The maximum Gasteiger partial charge on any atom is 0.0638 e. The third-order valence-electron chi connectivity index (χ3n) is 3.66. The smallest absolute Gasteiger partial charge is 0.0638 e. The largest absolute Gasteiger partial charge is 0.366 e. The number of nitrogens with zero attached hydrogens (tertiary/aromatic N) is 2. The van der Waals surface area contributed by atoms with E-state index in [1.165, 1.54) is 16.8 Å². The number of hydrogen-bond acceptors (Lipinski definition) is 3. The van der Waals surface area contributed by atoms with Gasteiger partial charge in [-0.3, -0.25) is 0 Å². The van der Waals surface area contributed by atoms with Gasteiger partial charge in [-0.15, -0.1) is 0 Å². The molecule has 0 aromatic heterocycles. The number of piperazine rings is 1. The Balaban J connectivity index is 2.24. The van der Waals surface area contributed by atoms with E-state index in [0.29, 0.717) is 12.5 Å². The molecule has 1 heterocycles. The van der Waals surface area contributed by atoms with E-state index in [2.05, 4.69) is 55.3 Å². The summed E-state index contributed by atoms with van der Waals surface area (Å²) in [5, 5.41) is 12.3. The fraction of sp³-hybridized carbons (Fsp3) is 0.533. The topological polar surface area (TPSA) is 39.1 Å². The molecule has 1 N–H and O–H groups in total. The fourth-order valence-corrected chi connectivity index (χ4v) is 2.54. The quantitative estimate of drug-likeness (QED) is 0.867. The zero-order chi connectivity index (χ0) is 13.1. The Labute approximate surface area is 109 Å². The third-order valence-corrected chi connectivity index (χ3v) is 3.66. The Hall–Kier alpha value is -1.53. The van der Waals surface area contributed by atoms with Gasteiger partial charge in [0.2, 0.25) is 0 Å². The molecule has 1 fully saturated rings. The molecule has 2 rings (SSSR count). The monoisotopic (exact) mass is 243 g/mol. The van der Waals surface area contributed by atoms with Crippen LogP contribution in [0.3, 0.4) is 0 Å². The van der Waals surface area contributed by atoms with E-state index in [0.717, 1.165) is 13.1 Å². The minimum absolute atomic E-state index is 0.283. The van der Waals surface area contributed by atoms with E-state index in [9.17, 15) is 0 Å². The zero-order valence-electron chi connectivity index (χ0n) is 11.4. The lowest BCUT2D eigenvalue weighted by molar-refractivity contribution is 0.408. The van der Waals surface area contributed by atoms with Crippen molar-refractivity contribution < 1.29 is 0 Å². The molecular weight excluding hydrogens is 222 g/mol. The molecule has 0 bridgehead atoms. The van der Waals surface area contributed by atoms with Crippen LogP contribution in [0.1, 0.15) is 24.5 Å². The Kier molecular flexibility index (Phi) is 3.88. The van der Waals surface area contributed by atoms with Gasteiger partial charge in [0, 0.05) is 30.9 Å². The second kappa shape index (κ2) is 5.41. The van der Waals surface area contributed by atoms with Crippen LogP contribution in [-0.2, 0) is 0 Å². The first-order valence-electron chi connectivity index (χ1n) is 6.56. The lowest BCUT2D eigenvalue weighted by Gasteiger charge is -2.40. The molecule has 0 spiro atoms. The molecule has 3 nitrogen and oxygen atoms in total. The lowest BCUT2D eigenvalue weighted by Crippen LogP contribution is -2.55. The van der Waals surface area contributed by atoms with Gasteiger partial charge in [-0.25, -0.2) is 0 Å². The fourth-order valence-electron chi connectivity index (χ4n) is 2.54. The van der Waals surface area contributed by atoms with Crippen molar-refractivity contribution in [2.24, 2.45) is 0 Å². The zero-order valence-corrected chi connectivity index (χ0v) is 11.4. The van der Waals surface area contributed by atoms with Crippen LogP contribution in [0.25, 0.3) is 0 Å². The minimum atomic E-state index is 0.283. The maximum atomic E-state index is 8.83. The van der Waals surface area contributed by atoms with Gasteiger partial charge >= 0.3 is 0 Å². The molecule has 1 saturated heterocycles. The van der Waals surface area contributed by atoms with Crippen molar-refractivity contribution in [3.8, 4) is 6.07 Å². The van der Waals surface area contributed by atoms with Crippen LogP contribution in [0.15, 0.2) is 18.2 Å². The predicted molar refractivity (Wildman–Crippen MR) is 74.7 cm³/mol. The number of anilines is 1. The number of nitrogens with one attached hydrogen (secondary N) is 1. The number of rotatable bonds is 2. The first-order chi connectivity index (χ1) is 8.61. The van der Waals surface area contributed by atoms with Gasteiger partial charge in [-0.05, 0) is 38.0 Å². The summed E-state index contributed by atoms with van der Waals surface area (Å²) in [5.41, 5.74) is 3.91. The number of aryl methyl sites for hydroxylation is 2. The molecule has 1 aliphatic rings. The summed E-state index contributed by atoms with van der Waals surface area (Å²) in [7, 11) is 0. The molecule has 0 amide bonds. The van der Waals surface area contributed by atoms with Crippen LogP contribution in [0.5, 0.6) is 0 Å². The average molecular weight is 243 g/mol. The van der Waals surface area contributed by atoms with E-state index in [1.54, 1.807) is 0 Å². The van der Waals surface area contributed by atoms with Crippen molar-refractivity contribution in [2.75, 3.05) is 18.0 Å². The molecular formula is C15H21N3. The second-order valence-electron chi connectivity index (χ2n) is 5.26. The highest BCUT2D eigenvalue weighted by Gasteiger charge is 2.25. The van der Waals surface area contributed by atoms with Crippen LogP contribution in [0.4, 0.5) is 5.69 Å². The summed E-state index contributed by atoms with van der Waals surface area (Å²) < 4.78 is 0. The molecule has 0 radical (unpaired) electrons. The Morgan fingerprint density at radius 2 is 2.22 bits per heavy atom. The highest BCUT2D eigenvalue weighted by atomic mass is 15.2.